The molecule has 4 aromatic rings. The molecule has 1 aromatic carbocycles. The normalized spacial score (nSPS) is 18.7. The van der Waals surface area contributed by atoms with Crippen molar-refractivity contribution in [1.82, 2.24) is 29.5 Å². The van der Waals surface area contributed by atoms with Gasteiger partial charge in [0.2, 0.25) is 5.95 Å². The number of hydrogen-bond acceptors (Lipinski definition) is 7. The smallest absolute Gasteiger partial charge is 0.229 e. The average Bonchev–Trinajstić information content (AvgIpc) is 3.42. The molecule has 0 saturated carbocycles. The van der Waals surface area contributed by atoms with E-state index in [0.717, 1.165) is 75.9 Å². The van der Waals surface area contributed by atoms with Crippen LogP contribution in [-0.4, -0.2) is 61.7 Å². The average molecular weight is 557 g/mol. The first-order valence-corrected chi connectivity index (χ1v) is 14.4. The summed E-state index contributed by atoms with van der Waals surface area (Å²) < 4.78 is 30.4. The second kappa shape index (κ2) is 11.5. The Kier molecular flexibility index (Phi) is 7.63. The fraction of sp³-hybridized carbons (Fsp3) is 0.452. The van der Waals surface area contributed by atoms with Gasteiger partial charge < -0.3 is 9.80 Å². The van der Waals surface area contributed by atoms with Gasteiger partial charge in [-0.2, -0.15) is 9.78 Å². The predicted molar refractivity (Wildman–Crippen MR) is 152 cm³/mol. The molecule has 0 radical (unpaired) electrons. The van der Waals surface area contributed by atoms with Gasteiger partial charge in [-0.05, 0) is 89.2 Å². The van der Waals surface area contributed by atoms with E-state index >= 15 is 0 Å². The van der Waals surface area contributed by atoms with Crippen LogP contribution in [0.15, 0.2) is 42.6 Å². The minimum atomic E-state index is -0.656. The first-order valence-electron chi connectivity index (χ1n) is 14.4. The van der Waals surface area contributed by atoms with Crippen LogP contribution < -0.4 is 4.90 Å². The molecule has 2 aliphatic rings. The van der Waals surface area contributed by atoms with Gasteiger partial charge in [0.15, 0.2) is 11.5 Å². The summed E-state index contributed by atoms with van der Waals surface area (Å²) in [6, 6.07) is 11.7. The molecule has 0 bridgehead atoms. The lowest BCUT2D eigenvalue weighted by Crippen LogP contribution is -2.38. The lowest BCUT2D eigenvalue weighted by molar-refractivity contribution is 0.169. The van der Waals surface area contributed by atoms with Crippen molar-refractivity contribution in [2.75, 3.05) is 31.1 Å². The number of rotatable bonds is 6. The van der Waals surface area contributed by atoms with Crippen LogP contribution in [0.4, 0.5) is 14.7 Å². The van der Waals surface area contributed by atoms with Crippen molar-refractivity contribution in [2.45, 2.75) is 57.9 Å². The number of nitrogens with zero attached hydrogens (tertiary/aromatic N) is 8. The monoisotopic (exact) mass is 556 g/mol. The van der Waals surface area contributed by atoms with E-state index in [9.17, 15) is 8.78 Å². The number of likely N-dealkylation sites (tertiary alicyclic amines) is 1. The van der Waals surface area contributed by atoms with E-state index in [1.807, 2.05) is 6.07 Å². The van der Waals surface area contributed by atoms with Crippen molar-refractivity contribution >= 4 is 11.6 Å². The molecule has 3 aromatic heterocycles. The second-order valence-corrected chi connectivity index (χ2v) is 11.5. The lowest BCUT2D eigenvalue weighted by atomic mass is 9.93. The molecule has 0 spiro atoms. The molecule has 10 heteroatoms. The Morgan fingerprint density at radius 1 is 1.02 bits per heavy atom. The first-order chi connectivity index (χ1) is 19.9. The Morgan fingerprint density at radius 2 is 1.85 bits per heavy atom. The fourth-order valence-electron chi connectivity index (χ4n) is 6.10. The van der Waals surface area contributed by atoms with Crippen molar-refractivity contribution in [3.05, 3.63) is 71.3 Å². The quantitative estimate of drug-likeness (QED) is 0.315. The Bertz CT molecular complexity index is 1570. The summed E-state index contributed by atoms with van der Waals surface area (Å²) in [5.74, 6) is 0.717. The highest BCUT2D eigenvalue weighted by Gasteiger charge is 2.29. The van der Waals surface area contributed by atoms with Crippen molar-refractivity contribution in [3.8, 4) is 17.3 Å². The van der Waals surface area contributed by atoms with E-state index in [1.165, 1.54) is 12.1 Å². The Hall–Kier alpha value is -3.97. The number of hydrogen-bond donors (Lipinski definition) is 0. The van der Waals surface area contributed by atoms with Gasteiger partial charge in [-0.15, -0.1) is 5.10 Å². The highest BCUT2D eigenvalue weighted by molar-refractivity contribution is 5.66. The SMILES string of the molecule is CC(C)N1CCC(c2nc3cc(-c4ccc(F)cc4F)nc(N4CCCC(Cc5ccc(C#N)cn5)C4)n3n2)CC1. The topological polar surface area (TPSA) is 86.2 Å². The van der Waals surface area contributed by atoms with E-state index in [4.69, 9.17) is 20.3 Å². The fourth-order valence-corrected chi connectivity index (χ4v) is 6.10. The summed E-state index contributed by atoms with van der Waals surface area (Å²) in [4.78, 5) is 19.0. The zero-order valence-corrected chi connectivity index (χ0v) is 23.5. The Balaban J connectivity index is 1.34. The van der Waals surface area contributed by atoms with Crippen LogP contribution in [0.3, 0.4) is 0 Å². The zero-order chi connectivity index (χ0) is 28.5. The highest BCUT2D eigenvalue weighted by Crippen LogP contribution is 2.32. The molecule has 0 N–H and O–H groups in total. The number of halogens is 2. The van der Waals surface area contributed by atoms with Crippen molar-refractivity contribution in [2.24, 2.45) is 5.92 Å². The molecule has 2 aliphatic heterocycles. The minimum Gasteiger partial charge on any atom is -0.340 e. The van der Waals surface area contributed by atoms with E-state index < -0.39 is 11.6 Å². The van der Waals surface area contributed by atoms with Crippen LogP contribution in [0.5, 0.6) is 0 Å². The van der Waals surface area contributed by atoms with Crippen LogP contribution in [0.2, 0.25) is 0 Å². The maximum Gasteiger partial charge on any atom is 0.229 e. The second-order valence-electron chi connectivity index (χ2n) is 11.5. The number of nitriles is 1. The van der Waals surface area contributed by atoms with Gasteiger partial charge in [-0.1, -0.05) is 0 Å². The third-order valence-corrected chi connectivity index (χ3v) is 8.41. The van der Waals surface area contributed by atoms with Crippen molar-refractivity contribution in [3.63, 3.8) is 0 Å². The van der Waals surface area contributed by atoms with E-state index in [0.29, 0.717) is 34.8 Å². The standard InChI is InChI=1S/C31H34F2N8/c1-20(2)39-12-9-23(10-13-39)30-37-29-16-28(26-8-6-24(32)15-27(26)33)36-31(41(29)38-30)40-11-3-4-21(19-40)14-25-7-5-22(17-34)18-35-25/h5-8,15-16,18,20-21,23H,3-4,9-14,19H2,1-2H3. The highest BCUT2D eigenvalue weighted by atomic mass is 19.1. The van der Waals surface area contributed by atoms with Crippen molar-refractivity contribution in [1.29, 1.82) is 5.26 Å². The van der Waals surface area contributed by atoms with Gasteiger partial charge in [0.25, 0.3) is 0 Å². The van der Waals surface area contributed by atoms with E-state index in [1.54, 1.807) is 22.8 Å². The number of fused-ring (bicyclic) bond motifs is 1. The van der Waals surface area contributed by atoms with E-state index in [-0.39, 0.29) is 11.5 Å². The number of anilines is 1. The lowest BCUT2D eigenvalue weighted by Gasteiger charge is -2.33. The number of pyridine rings is 1. The third kappa shape index (κ3) is 5.77. The maximum atomic E-state index is 14.9. The summed E-state index contributed by atoms with van der Waals surface area (Å²) in [6.45, 7) is 7.98. The predicted octanol–water partition coefficient (Wildman–Crippen LogP) is 5.38. The molecule has 0 amide bonds. The molecule has 2 fully saturated rings. The molecule has 41 heavy (non-hydrogen) atoms. The molecular weight excluding hydrogens is 522 g/mol. The van der Waals surface area contributed by atoms with Gasteiger partial charge in [0.05, 0.1) is 11.3 Å². The maximum absolute atomic E-state index is 14.9. The van der Waals surface area contributed by atoms with Crippen LogP contribution in [-0.2, 0) is 6.42 Å². The molecule has 2 saturated heterocycles. The molecule has 1 atom stereocenters. The van der Waals surface area contributed by atoms with Crippen LogP contribution in [0.25, 0.3) is 16.9 Å². The van der Waals surface area contributed by atoms with Crippen molar-refractivity contribution < 1.29 is 8.78 Å². The van der Waals surface area contributed by atoms with Gasteiger partial charge in [0, 0.05) is 54.6 Å². The van der Waals surface area contributed by atoms with Crippen LogP contribution in [0, 0.1) is 28.9 Å². The first kappa shape index (κ1) is 27.2. The van der Waals surface area contributed by atoms with Gasteiger partial charge in [0.1, 0.15) is 17.7 Å². The third-order valence-electron chi connectivity index (χ3n) is 8.41. The molecule has 5 heterocycles. The number of piperidine rings is 2. The van der Waals surface area contributed by atoms with E-state index in [2.05, 4.69) is 34.7 Å². The zero-order valence-electron chi connectivity index (χ0n) is 23.5. The summed E-state index contributed by atoms with van der Waals surface area (Å²) in [5.41, 5.74) is 2.76. The largest absolute Gasteiger partial charge is 0.340 e. The Morgan fingerprint density at radius 3 is 2.56 bits per heavy atom. The number of benzene rings is 1. The summed E-state index contributed by atoms with van der Waals surface area (Å²) >= 11 is 0. The summed E-state index contributed by atoms with van der Waals surface area (Å²) in [6.07, 6.45) is 6.39. The summed E-state index contributed by atoms with van der Waals surface area (Å²) in [5, 5.41) is 14.1. The van der Waals surface area contributed by atoms with Gasteiger partial charge in [-0.3, -0.25) is 4.98 Å². The molecular formula is C31H34F2N8. The molecule has 212 valence electrons. The molecule has 0 aliphatic carbocycles. The molecule has 1 unspecified atom stereocenters. The van der Waals surface area contributed by atoms with Gasteiger partial charge in [-0.25, -0.2) is 18.7 Å². The van der Waals surface area contributed by atoms with Crippen LogP contribution >= 0.6 is 0 Å². The number of aromatic nitrogens is 5. The minimum absolute atomic E-state index is 0.236. The Labute approximate surface area is 238 Å². The molecule has 8 nitrogen and oxygen atoms in total. The summed E-state index contributed by atoms with van der Waals surface area (Å²) in [7, 11) is 0. The van der Waals surface area contributed by atoms with Gasteiger partial charge >= 0.3 is 0 Å². The molecule has 6 rings (SSSR count). The van der Waals surface area contributed by atoms with Crippen LogP contribution in [0.1, 0.15) is 62.5 Å².